The lowest BCUT2D eigenvalue weighted by atomic mass is 10.3. The molecule has 0 aliphatic heterocycles. The van der Waals surface area contributed by atoms with E-state index in [4.69, 9.17) is 28.9 Å². The zero-order chi connectivity index (χ0) is 10.8. The summed E-state index contributed by atoms with van der Waals surface area (Å²) in [6, 6.07) is 5.27. The van der Waals surface area contributed by atoms with E-state index in [2.05, 4.69) is 4.98 Å². The molecule has 0 saturated carbocycles. The second-order valence-corrected chi connectivity index (χ2v) is 3.86. The lowest BCUT2D eigenvalue weighted by Gasteiger charge is -2.08. The van der Waals surface area contributed by atoms with E-state index < -0.39 is 0 Å². The van der Waals surface area contributed by atoms with E-state index >= 15 is 0 Å². The number of rotatable bonds is 2. The quantitative estimate of drug-likeness (QED) is 0.879. The Bertz CT molecular complexity index is 479. The van der Waals surface area contributed by atoms with Gasteiger partial charge in [0.05, 0.1) is 17.3 Å². The molecule has 5 heteroatoms. The summed E-state index contributed by atoms with van der Waals surface area (Å²) in [4.78, 5) is 4.12. The van der Waals surface area contributed by atoms with Gasteiger partial charge in [-0.1, -0.05) is 23.2 Å². The monoisotopic (exact) mass is 241 g/mol. The predicted octanol–water partition coefficient (Wildman–Crippen LogP) is 2.64. The Balaban J connectivity index is 2.58. The lowest BCUT2D eigenvalue weighted by molar-refractivity contribution is 0.868. The second kappa shape index (κ2) is 4.23. The fourth-order valence-corrected chi connectivity index (χ4v) is 1.75. The van der Waals surface area contributed by atoms with E-state index in [1.54, 1.807) is 30.6 Å². The van der Waals surface area contributed by atoms with Crippen molar-refractivity contribution in [3.63, 3.8) is 0 Å². The van der Waals surface area contributed by atoms with Crippen LogP contribution in [0.3, 0.4) is 0 Å². The molecule has 0 aliphatic rings. The molecule has 0 spiro atoms. The lowest BCUT2D eigenvalue weighted by Crippen LogP contribution is -2.06. The Morgan fingerprint density at radius 2 is 2.13 bits per heavy atom. The SMILES string of the molecule is NCc1nccn1-c1cc(Cl)ccc1Cl. The minimum Gasteiger partial charge on any atom is -0.324 e. The van der Waals surface area contributed by atoms with E-state index in [0.717, 1.165) is 11.5 Å². The van der Waals surface area contributed by atoms with Crippen molar-refractivity contribution >= 4 is 23.2 Å². The van der Waals surface area contributed by atoms with Crippen molar-refractivity contribution in [2.24, 2.45) is 5.73 Å². The Hall–Kier alpha value is -1.03. The first-order chi connectivity index (χ1) is 7.22. The Morgan fingerprint density at radius 1 is 1.33 bits per heavy atom. The molecule has 0 radical (unpaired) electrons. The van der Waals surface area contributed by atoms with Crippen molar-refractivity contribution in [2.45, 2.75) is 6.54 Å². The number of aromatic nitrogens is 2. The van der Waals surface area contributed by atoms with Gasteiger partial charge in [-0.15, -0.1) is 0 Å². The molecule has 1 aromatic heterocycles. The average Bonchev–Trinajstić information content (AvgIpc) is 2.69. The van der Waals surface area contributed by atoms with Crippen LogP contribution in [0.25, 0.3) is 5.69 Å². The molecule has 15 heavy (non-hydrogen) atoms. The van der Waals surface area contributed by atoms with Gasteiger partial charge in [0.25, 0.3) is 0 Å². The van der Waals surface area contributed by atoms with Gasteiger partial charge < -0.3 is 10.3 Å². The molecule has 0 amide bonds. The van der Waals surface area contributed by atoms with Crippen LogP contribution in [0.5, 0.6) is 0 Å². The average molecular weight is 242 g/mol. The Morgan fingerprint density at radius 3 is 2.87 bits per heavy atom. The molecule has 2 N–H and O–H groups in total. The van der Waals surface area contributed by atoms with Crippen molar-refractivity contribution in [2.75, 3.05) is 0 Å². The second-order valence-electron chi connectivity index (χ2n) is 3.01. The molecule has 0 unspecified atom stereocenters. The summed E-state index contributed by atoms with van der Waals surface area (Å²) in [6.45, 7) is 0.357. The molecule has 0 bridgehead atoms. The molecule has 0 aliphatic carbocycles. The van der Waals surface area contributed by atoms with Crippen molar-refractivity contribution in [3.05, 3.63) is 46.5 Å². The van der Waals surface area contributed by atoms with E-state index in [0.29, 0.717) is 16.6 Å². The number of halogens is 2. The summed E-state index contributed by atoms with van der Waals surface area (Å²) >= 11 is 12.0. The topological polar surface area (TPSA) is 43.8 Å². The third kappa shape index (κ3) is 2.00. The van der Waals surface area contributed by atoms with Gasteiger partial charge in [-0.2, -0.15) is 0 Å². The molecule has 0 fully saturated rings. The van der Waals surface area contributed by atoms with Gasteiger partial charge in [-0.3, -0.25) is 0 Å². The maximum atomic E-state index is 6.07. The van der Waals surface area contributed by atoms with Crippen molar-refractivity contribution < 1.29 is 0 Å². The molecular weight excluding hydrogens is 233 g/mol. The minimum atomic E-state index is 0.357. The normalized spacial score (nSPS) is 10.6. The summed E-state index contributed by atoms with van der Waals surface area (Å²) in [7, 11) is 0. The van der Waals surface area contributed by atoms with Gasteiger partial charge in [0.2, 0.25) is 0 Å². The fraction of sp³-hybridized carbons (Fsp3) is 0.100. The number of nitrogens with zero attached hydrogens (tertiary/aromatic N) is 2. The first-order valence-electron chi connectivity index (χ1n) is 4.40. The molecule has 1 aromatic carbocycles. The molecule has 0 saturated heterocycles. The Kier molecular flexibility index (Phi) is 2.95. The molecule has 0 atom stereocenters. The highest BCUT2D eigenvalue weighted by atomic mass is 35.5. The highest BCUT2D eigenvalue weighted by Crippen LogP contribution is 2.24. The fourth-order valence-electron chi connectivity index (χ4n) is 1.38. The molecule has 3 nitrogen and oxygen atoms in total. The van der Waals surface area contributed by atoms with Gasteiger partial charge in [-0.25, -0.2) is 4.98 Å². The molecule has 2 rings (SSSR count). The van der Waals surface area contributed by atoms with Crippen LogP contribution in [0.1, 0.15) is 5.82 Å². The van der Waals surface area contributed by atoms with Crippen LogP contribution in [0.4, 0.5) is 0 Å². The molecule has 78 valence electrons. The minimum absolute atomic E-state index is 0.357. The summed E-state index contributed by atoms with van der Waals surface area (Å²) in [6.07, 6.45) is 3.49. The highest BCUT2D eigenvalue weighted by Gasteiger charge is 2.07. The molecule has 1 heterocycles. The summed E-state index contributed by atoms with van der Waals surface area (Å²) < 4.78 is 1.83. The number of hydrogen-bond acceptors (Lipinski definition) is 2. The standard InChI is InChI=1S/C10H9Cl2N3/c11-7-1-2-8(12)9(5-7)15-4-3-14-10(15)6-13/h1-5H,6,13H2. The van der Waals surface area contributed by atoms with Crippen LogP contribution in [0.2, 0.25) is 10.0 Å². The first-order valence-corrected chi connectivity index (χ1v) is 5.15. The van der Waals surface area contributed by atoms with Crippen LogP contribution in [0, 0.1) is 0 Å². The predicted molar refractivity (Wildman–Crippen MR) is 61.5 cm³/mol. The zero-order valence-corrected chi connectivity index (χ0v) is 9.33. The number of imidazole rings is 1. The van der Waals surface area contributed by atoms with E-state index in [-0.39, 0.29) is 0 Å². The van der Waals surface area contributed by atoms with E-state index in [9.17, 15) is 0 Å². The first kappa shape index (κ1) is 10.5. The Labute approximate surface area is 97.4 Å². The van der Waals surface area contributed by atoms with Crippen LogP contribution in [-0.2, 0) is 6.54 Å². The van der Waals surface area contributed by atoms with Gasteiger partial charge >= 0.3 is 0 Å². The maximum absolute atomic E-state index is 6.07. The molecular formula is C10H9Cl2N3. The van der Waals surface area contributed by atoms with E-state index in [1.807, 2.05) is 4.57 Å². The molecule has 2 aromatic rings. The maximum Gasteiger partial charge on any atom is 0.127 e. The zero-order valence-electron chi connectivity index (χ0n) is 7.82. The smallest absolute Gasteiger partial charge is 0.127 e. The van der Waals surface area contributed by atoms with Crippen LogP contribution < -0.4 is 5.73 Å². The van der Waals surface area contributed by atoms with Gasteiger partial charge in [0.15, 0.2) is 0 Å². The third-order valence-electron chi connectivity index (χ3n) is 2.07. The summed E-state index contributed by atoms with van der Waals surface area (Å²) in [5.41, 5.74) is 6.35. The number of benzene rings is 1. The van der Waals surface area contributed by atoms with Crippen LogP contribution in [0.15, 0.2) is 30.6 Å². The largest absolute Gasteiger partial charge is 0.324 e. The highest BCUT2D eigenvalue weighted by molar-refractivity contribution is 6.34. The third-order valence-corrected chi connectivity index (χ3v) is 2.62. The van der Waals surface area contributed by atoms with Crippen LogP contribution in [-0.4, -0.2) is 9.55 Å². The van der Waals surface area contributed by atoms with Crippen LogP contribution >= 0.6 is 23.2 Å². The number of hydrogen-bond donors (Lipinski definition) is 1. The van der Waals surface area contributed by atoms with Crippen molar-refractivity contribution in [1.29, 1.82) is 0 Å². The summed E-state index contributed by atoms with van der Waals surface area (Å²) in [5.74, 6) is 0.749. The van der Waals surface area contributed by atoms with Crippen molar-refractivity contribution in [3.8, 4) is 5.69 Å². The number of nitrogens with two attached hydrogens (primary N) is 1. The van der Waals surface area contributed by atoms with E-state index in [1.165, 1.54) is 0 Å². The van der Waals surface area contributed by atoms with Gasteiger partial charge in [0, 0.05) is 17.4 Å². The van der Waals surface area contributed by atoms with Crippen molar-refractivity contribution in [1.82, 2.24) is 9.55 Å². The van der Waals surface area contributed by atoms with Gasteiger partial charge in [0.1, 0.15) is 5.82 Å². The van der Waals surface area contributed by atoms with Gasteiger partial charge in [-0.05, 0) is 18.2 Å². The summed E-state index contributed by atoms with van der Waals surface area (Å²) in [5, 5.41) is 1.25.